The number of rotatable bonds is 0. The molecule has 12 heavy (non-hydrogen) atoms. The zero-order valence-corrected chi connectivity index (χ0v) is 6.51. The molecule has 1 saturated carbocycles. The average molecular weight is 183 g/mol. The lowest BCUT2D eigenvalue weighted by atomic mass is 9.83. The Balaban J connectivity index is 2.57. The predicted octanol–water partition coefficient (Wildman–Crippen LogP) is 1.04. The van der Waals surface area contributed by atoms with E-state index in [0.717, 1.165) is 0 Å². The molecule has 0 bridgehead atoms. The molecule has 0 aromatic rings. The van der Waals surface area contributed by atoms with E-state index in [-0.39, 0.29) is 18.9 Å². The Morgan fingerprint density at radius 3 is 2.25 bits per heavy atom. The lowest BCUT2D eigenvalue weighted by Gasteiger charge is -2.32. The van der Waals surface area contributed by atoms with E-state index >= 15 is 0 Å². The molecule has 1 rings (SSSR count). The maximum atomic E-state index is 12.1. The van der Waals surface area contributed by atoms with Crippen molar-refractivity contribution in [2.45, 2.75) is 37.6 Å². The molecule has 5 heteroatoms. The second-order valence-electron chi connectivity index (χ2n) is 3.29. The van der Waals surface area contributed by atoms with Crippen molar-refractivity contribution in [3.05, 3.63) is 0 Å². The molecule has 0 aliphatic heterocycles. The van der Waals surface area contributed by atoms with Gasteiger partial charge in [-0.1, -0.05) is 0 Å². The van der Waals surface area contributed by atoms with Gasteiger partial charge < -0.3 is 10.8 Å². The Kier molecular flexibility index (Phi) is 2.63. The summed E-state index contributed by atoms with van der Waals surface area (Å²) in [5, 5.41) is 9.07. The van der Waals surface area contributed by atoms with Gasteiger partial charge in [0.1, 0.15) is 0 Å². The minimum absolute atomic E-state index is 0.0498. The van der Waals surface area contributed by atoms with Gasteiger partial charge in [-0.15, -0.1) is 0 Å². The SMILES string of the molecule is NC1CCC(C(F)(F)F)C(O)C1. The first-order chi connectivity index (χ1) is 5.41. The third kappa shape index (κ3) is 2.10. The standard InChI is InChI=1S/C7H12F3NO/c8-7(9,10)5-2-1-4(11)3-6(5)12/h4-6,12H,1-3,11H2. The van der Waals surface area contributed by atoms with Gasteiger partial charge in [0.25, 0.3) is 0 Å². The largest absolute Gasteiger partial charge is 0.394 e. The zero-order chi connectivity index (χ0) is 9.35. The first-order valence-corrected chi connectivity index (χ1v) is 3.91. The molecular weight excluding hydrogens is 171 g/mol. The minimum atomic E-state index is -4.28. The summed E-state index contributed by atoms with van der Waals surface area (Å²) in [6.45, 7) is 0. The van der Waals surface area contributed by atoms with Gasteiger partial charge in [-0.05, 0) is 19.3 Å². The van der Waals surface area contributed by atoms with Crippen LogP contribution in [0.1, 0.15) is 19.3 Å². The fourth-order valence-corrected chi connectivity index (χ4v) is 1.56. The van der Waals surface area contributed by atoms with Crippen LogP contribution in [0.25, 0.3) is 0 Å². The van der Waals surface area contributed by atoms with Crippen LogP contribution < -0.4 is 5.73 Å². The molecule has 72 valence electrons. The number of hydrogen-bond donors (Lipinski definition) is 2. The normalized spacial score (nSPS) is 38.2. The van der Waals surface area contributed by atoms with E-state index in [0.29, 0.717) is 6.42 Å². The quantitative estimate of drug-likeness (QED) is 0.589. The van der Waals surface area contributed by atoms with Crippen molar-refractivity contribution in [3.8, 4) is 0 Å². The molecule has 3 unspecified atom stereocenters. The molecule has 0 aromatic carbocycles. The highest BCUT2D eigenvalue weighted by atomic mass is 19.4. The minimum Gasteiger partial charge on any atom is -0.392 e. The highest BCUT2D eigenvalue weighted by Gasteiger charge is 2.46. The van der Waals surface area contributed by atoms with E-state index in [1.165, 1.54) is 0 Å². The van der Waals surface area contributed by atoms with Gasteiger partial charge in [-0.3, -0.25) is 0 Å². The Morgan fingerprint density at radius 1 is 1.25 bits per heavy atom. The van der Waals surface area contributed by atoms with Gasteiger partial charge in [-0.25, -0.2) is 0 Å². The first kappa shape index (κ1) is 9.80. The molecule has 0 heterocycles. The fourth-order valence-electron chi connectivity index (χ4n) is 1.56. The van der Waals surface area contributed by atoms with Gasteiger partial charge in [0.2, 0.25) is 0 Å². The lowest BCUT2D eigenvalue weighted by molar-refractivity contribution is -0.208. The van der Waals surface area contributed by atoms with Crippen LogP contribution in [0.4, 0.5) is 13.2 Å². The molecule has 3 atom stereocenters. The predicted molar refractivity (Wildman–Crippen MR) is 37.4 cm³/mol. The van der Waals surface area contributed by atoms with E-state index < -0.39 is 18.2 Å². The average Bonchev–Trinajstić information content (AvgIpc) is 1.83. The van der Waals surface area contributed by atoms with Gasteiger partial charge in [0, 0.05) is 6.04 Å². The molecule has 1 aliphatic carbocycles. The Morgan fingerprint density at radius 2 is 1.83 bits per heavy atom. The number of halogens is 3. The first-order valence-electron chi connectivity index (χ1n) is 3.91. The number of aliphatic hydroxyl groups is 1. The van der Waals surface area contributed by atoms with Crippen molar-refractivity contribution in [2.24, 2.45) is 11.7 Å². The second-order valence-corrected chi connectivity index (χ2v) is 3.29. The summed E-state index contributed by atoms with van der Waals surface area (Å²) in [6.07, 6.45) is -5.23. The highest BCUT2D eigenvalue weighted by Crippen LogP contribution is 2.37. The van der Waals surface area contributed by atoms with Crippen LogP contribution in [0.5, 0.6) is 0 Å². The van der Waals surface area contributed by atoms with E-state index in [4.69, 9.17) is 10.8 Å². The van der Waals surface area contributed by atoms with Crippen molar-refractivity contribution >= 4 is 0 Å². The van der Waals surface area contributed by atoms with E-state index in [1.807, 2.05) is 0 Å². The van der Waals surface area contributed by atoms with Crippen molar-refractivity contribution in [3.63, 3.8) is 0 Å². The maximum Gasteiger partial charge on any atom is 0.394 e. The maximum absolute atomic E-state index is 12.1. The van der Waals surface area contributed by atoms with Crippen molar-refractivity contribution in [1.29, 1.82) is 0 Å². The highest BCUT2D eigenvalue weighted by molar-refractivity contribution is 4.85. The Bertz CT molecular complexity index is 159. The third-order valence-electron chi connectivity index (χ3n) is 2.28. The summed E-state index contributed by atoms with van der Waals surface area (Å²) >= 11 is 0. The third-order valence-corrected chi connectivity index (χ3v) is 2.28. The van der Waals surface area contributed by atoms with Crippen LogP contribution in [0, 0.1) is 5.92 Å². The van der Waals surface area contributed by atoms with Crippen LogP contribution in [0.3, 0.4) is 0 Å². The molecule has 0 amide bonds. The van der Waals surface area contributed by atoms with Crippen LogP contribution in [-0.2, 0) is 0 Å². The molecule has 1 fully saturated rings. The van der Waals surface area contributed by atoms with Crippen molar-refractivity contribution in [2.75, 3.05) is 0 Å². The monoisotopic (exact) mass is 183 g/mol. The molecule has 0 radical (unpaired) electrons. The zero-order valence-electron chi connectivity index (χ0n) is 6.51. The summed E-state index contributed by atoms with van der Waals surface area (Å²) in [7, 11) is 0. The van der Waals surface area contributed by atoms with Gasteiger partial charge in [0.15, 0.2) is 0 Å². The second kappa shape index (κ2) is 3.22. The van der Waals surface area contributed by atoms with Crippen molar-refractivity contribution < 1.29 is 18.3 Å². The molecule has 1 aliphatic rings. The van der Waals surface area contributed by atoms with Crippen LogP contribution in [0.2, 0.25) is 0 Å². The summed E-state index contributed by atoms with van der Waals surface area (Å²) in [4.78, 5) is 0. The summed E-state index contributed by atoms with van der Waals surface area (Å²) in [5.41, 5.74) is 5.40. The number of alkyl halides is 3. The smallest absolute Gasteiger partial charge is 0.392 e. The molecular formula is C7H12F3NO. The van der Waals surface area contributed by atoms with Gasteiger partial charge in [0.05, 0.1) is 12.0 Å². The van der Waals surface area contributed by atoms with Crippen LogP contribution >= 0.6 is 0 Å². The molecule has 0 aromatic heterocycles. The number of hydrogen-bond acceptors (Lipinski definition) is 2. The van der Waals surface area contributed by atoms with Crippen molar-refractivity contribution in [1.82, 2.24) is 0 Å². The molecule has 0 spiro atoms. The molecule has 3 N–H and O–H groups in total. The van der Waals surface area contributed by atoms with Gasteiger partial charge in [-0.2, -0.15) is 13.2 Å². The number of nitrogens with two attached hydrogens (primary N) is 1. The molecule has 2 nitrogen and oxygen atoms in total. The molecule has 0 saturated heterocycles. The van der Waals surface area contributed by atoms with E-state index in [9.17, 15) is 13.2 Å². The number of aliphatic hydroxyl groups excluding tert-OH is 1. The van der Waals surface area contributed by atoms with Crippen LogP contribution in [-0.4, -0.2) is 23.4 Å². The Labute approximate surface area is 68.6 Å². The Hall–Kier alpha value is -0.290. The fraction of sp³-hybridized carbons (Fsp3) is 1.00. The summed E-state index contributed by atoms with van der Waals surface area (Å²) in [6, 6.07) is -0.279. The summed E-state index contributed by atoms with van der Waals surface area (Å²) in [5.74, 6) is -1.57. The summed E-state index contributed by atoms with van der Waals surface area (Å²) < 4.78 is 36.4. The lowest BCUT2D eigenvalue weighted by Crippen LogP contribution is -2.43. The van der Waals surface area contributed by atoms with E-state index in [1.54, 1.807) is 0 Å². The van der Waals surface area contributed by atoms with E-state index in [2.05, 4.69) is 0 Å². The topological polar surface area (TPSA) is 46.2 Å². The van der Waals surface area contributed by atoms with Gasteiger partial charge >= 0.3 is 6.18 Å². The van der Waals surface area contributed by atoms with Crippen LogP contribution in [0.15, 0.2) is 0 Å².